The average Bonchev–Trinajstić information content (AvgIpc) is 1.94. The zero-order chi connectivity index (χ0) is 9.35. The van der Waals surface area contributed by atoms with Gasteiger partial charge < -0.3 is 10.2 Å². The Labute approximate surface area is 71.8 Å². The minimum Gasteiger partial charge on any atom is -0.349 e. The van der Waals surface area contributed by atoms with Crippen molar-refractivity contribution in [2.24, 2.45) is 5.92 Å². The van der Waals surface area contributed by atoms with Crippen LogP contribution in [0.1, 0.15) is 26.7 Å². The van der Waals surface area contributed by atoms with Crippen LogP contribution in [-0.4, -0.2) is 33.5 Å². The van der Waals surface area contributed by atoms with Crippen LogP contribution < -0.4 is 0 Å². The monoisotopic (exact) mass is 173 g/mol. The summed E-state index contributed by atoms with van der Waals surface area (Å²) >= 11 is 0. The number of rotatable bonds is 0. The summed E-state index contributed by atoms with van der Waals surface area (Å²) in [5, 5.41) is 19.1. The van der Waals surface area contributed by atoms with Crippen molar-refractivity contribution in [3.63, 3.8) is 0 Å². The lowest BCUT2D eigenvalue weighted by atomic mass is 9.95. The van der Waals surface area contributed by atoms with Gasteiger partial charge in [-0.05, 0) is 12.8 Å². The molecule has 70 valence electrons. The highest BCUT2D eigenvalue weighted by Gasteiger charge is 2.42. The predicted molar refractivity (Wildman–Crippen MR) is 43.0 cm³/mol. The van der Waals surface area contributed by atoms with E-state index < -0.39 is 5.91 Å². The number of piperidine rings is 1. The normalized spacial score (nSPS) is 28.7. The summed E-state index contributed by atoms with van der Waals surface area (Å²) in [7, 11) is 0. The van der Waals surface area contributed by atoms with E-state index >= 15 is 0 Å². The van der Waals surface area contributed by atoms with Crippen LogP contribution >= 0.6 is 0 Å². The van der Waals surface area contributed by atoms with E-state index in [9.17, 15) is 15.0 Å². The smallest absolute Gasteiger partial charge is 0.251 e. The molecule has 0 aromatic heterocycles. The second kappa shape index (κ2) is 3.03. The van der Waals surface area contributed by atoms with Gasteiger partial charge in [0.25, 0.3) is 5.91 Å². The van der Waals surface area contributed by atoms with Gasteiger partial charge in [-0.1, -0.05) is 6.92 Å². The summed E-state index contributed by atoms with van der Waals surface area (Å²) in [4.78, 5) is 12.1. The maximum Gasteiger partial charge on any atom is 0.251 e. The Balaban J connectivity index is 2.79. The van der Waals surface area contributed by atoms with Gasteiger partial charge in [-0.25, -0.2) is 0 Å². The van der Waals surface area contributed by atoms with E-state index in [1.165, 1.54) is 6.92 Å². The van der Waals surface area contributed by atoms with Crippen LogP contribution in [0.25, 0.3) is 0 Å². The Morgan fingerprint density at radius 2 is 2.17 bits per heavy atom. The third kappa shape index (κ3) is 1.44. The molecule has 0 spiro atoms. The highest BCUT2D eigenvalue weighted by Crippen LogP contribution is 2.28. The number of likely N-dealkylation sites (tertiary alicyclic amines) is 1. The van der Waals surface area contributed by atoms with Gasteiger partial charge in [-0.3, -0.25) is 9.69 Å². The van der Waals surface area contributed by atoms with Gasteiger partial charge in [-0.2, -0.15) is 0 Å². The molecule has 1 unspecified atom stereocenters. The quantitative estimate of drug-likeness (QED) is 0.503. The molecule has 1 aliphatic rings. The largest absolute Gasteiger partial charge is 0.349 e. The molecule has 1 amide bonds. The number of carbonyl (C=O) groups is 1. The van der Waals surface area contributed by atoms with E-state index in [1.807, 2.05) is 0 Å². The van der Waals surface area contributed by atoms with Crippen molar-refractivity contribution in [3.05, 3.63) is 0 Å². The number of nitrogens with zero attached hydrogens (tertiary/aromatic N) is 1. The second-order valence-electron chi connectivity index (χ2n) is 3.40. The average molecular weight is 173 g/mol. The van der Waals surface area contributed by atoms with Gasteiger partial charge in [0.1, 0.15) is 0 Å². The van der Waals surface area contributed by atoms with Gasteiger partial charge in [0.2, 0.25) is 5.91 Å². The number of hydrogen-bond donors (Lipinski definition) is 2. The molecule has 2 N–H and O–H groups in total. The maximum atomic E-state index is 11.0. The van der Waals surface area contributed by atoms with Crippen molar-refractivity contribution in [2.45, 2.75) is 32.6 Å². The Bertz CT molecular complexity index is 191. The highest BCUT2D eigenvalue weighted by atomic mass is 16.5. The fraction of sp³-hybridized carbons (Fsp3) is 0.875. The second-order valence-corrected chi connectivity index (χ2v) is 3.40. The molecule has 12 heavy (non-hydrogen) atoms. The first-order chi connectivity index (χ1) is 5.46. The molecule has 0 aliphatic carbocycles. The van der Waals surface area contributed by atoms with Gasteiger partial charge in [0.05, 0.1) is 0 Å². The maximum absolute atomic E-state index is 11.0. The summed E-state index contributed by atoms with van der Waals surface area (Å²) in [5.74, 6) is -2.49. The van der Waals surface area contributed by atoms with E-state index in [0.29, 0.717) is 6.54 Å². The highest BCUT2D eigenvalue weighted by molar-refractivity contribution is 5.73. The van der Waals surface area contributed by atoms with Gasteiger partial charge in [0.15, 0.2) is 0 Å². The van der Waals surface area contributed by atoms with Crippen molar-refractivity contribution in [1.82, 2.24) is 4.90 Å². The lowest BCUT2D eigenvalue weighted by molar-refractivity contribution is -0.295. The van der Waals surface area contributed by atoms with Crippen molar-refractivity contribution >= 4 is 5.91 Å². The molecule has 1 saturated heterocycles. The Hall–Kier alpha value is -0.610. The van der Waals surface area contributed by atoms with Crippen molar-refractivity contribution < 1.29 is 15.0 Å². The Morgan fingerprint density at radius 3 is 2.58 bits per heavy atom. The lowest BCUT2D eigenvalue weighted by Gasteiger charge is -2.42. The zero-order valence-corrected chi connectivity index (χ0v) is 7.45. The molecule has 0 aromatic rings. The van der Waals surface area contributed by atoms with Crippen LogP contribution in [0.15, 0.2) is 0 Å². The third-order valence-corrected chi connectivity index (χ3v) is 2.46. The van der Waals surface area contributed by atoms with Crippen LogP contribution in [-0.2, 0) is 4.79 Å². The standard InChI is InChI=1S/C8H15NO3/c1-6-4-3-5-9(7(2)10)8(6,11)12/h6,11-12H,3-5H2,1-2H3. The van der Waals surface area contributed by atoms with Crippen LogP contribution in [0.4, 0.5) is 0 Å². The van der Waals surface area contributed by atoms with E-state index in [-0.39, 0.29) is 11.8 Å². The Morgan fingerprint density at radius 1 is 1.58 bits per heavy atom. The van der Waals surface area contributed by atoms with Gasteiger partial charge in [-0.15, -0.1) is 0 Å². The van der Waals surface area contributed by atoms with Gasteiger partial charge >= 0.3 is 0 Å². The van der Waals surface area contributed by atoms with Crippen LogP contribution in [0.3, 0.4) is 0 Å². The van der Waals surface area contributed by atoms with Crippen LogP contribution in [0.2, 0.25) is 0 Å². The number of hydrogen-bond acceptors (Lipinski definition) is 3. The predicted octanol–water partition coefficient (Wildman–Crippen LogP) is -0.0968. The summed E-state index contributed by atoms with van der Waals surface area (Å²) in [6.07, 6.45) is 1.58. The molecule has 1 fully saturated rings. The molecule has 1 heterocycles. The molecule has 0 radical (unpaired) electrons. The SMILES string of the molecule is CC(=O)N1CCCC(C)C1(O)O. The van der Waals surface area contributed by atoms with E-state index in [4.69, 9.17) is 0 Å². The fourth-order valence-electron chi connectivity index (χ4n) is 1.57. The summed E-state index contributed by atoms with van der Waals surface area (Å²) in [6.45, 7) is 3.51. The molecule has 0 bridgehead atoms. The van der Waals surface area contributed by atoms with E-state index in [0.717, 1.165) is 17.7 Å². The van der Waals surface area contributed by atoms with Crippen LogP contribution in [0.5, 0.6) is 0 Å². The van der Waals surface area contributed by atoms with E-state index in [2.05, 4.69) is 0 Å². The molecule has 1 atom stereocenters. The molecular weight excluding hydrogens is 158 g/mol. The minimum absolute atomic E-state index is 0.268. The molecular formula is C8H15NO3. The summed E-state index contributed by atoms with van der Waals surface area (Å²) < 4.78 is 0. The topological polar surface area (TPSA) is 60.8 Å². The van der Waals surface area contributed by atoms with Gasteiger partial charge in [0, 0.05) is 19.4 Å². The molecule has 4 nitrogen and oxygen atoms in total. The van der Waals surface area contributed by atoms with E-state index in [1.54, 1.807) is 6.92 Å². The van der Waals surface area contributed by atoms with Crippen molar-refractivity contribution in [2.75, 3.05) is 6.54 Å². The third-order valence-electron chi connectivity index (χ3n) is 2.46. The fourth-order valence-corrected chi connectivity index (χ4v) is 1.57. The first-order valence-corrected chi connectivity index (χ1v) is 4.19. The van der Waals surface area contributed by atoms with Crippen molar-refractivity contribution in [1.29, 1.82) is 0 Å². The summed E-state index contributed by atoms with van der Waals surface area (Å²) in [5.41, 5.74) is 0. The lowest BCUT2D eigenvalue weighted by Crippen LogP contribution is -2.58. The molecule has 1 rings (SSSR count). The molecule has 0 saturated carbocycles. The Kier molecular flexibility index (Phi) is 2.39. The number of aliphatic hydroxyl groups is 2. The van der Waals surface area contributed by atoms with Crippen molar-refractivity contribution in [3.8, 4) is 0 Å². The minimum atomic E-state index is -1.94. The first kappa shape index (κ1) is 9.48. The molecule has 0 aromatic carbocycles. The van der Waals surface area contributed by atoms with Crippen LogP contribution in [0, 0.1) is 5.92 Å². The summed E-state index contributed by atoms with van der Waals surface area (Å²) in [6, 6.07) is 0. The molecule has 4 heteroatoms. The number of carbonyl (C=O) groups excluding carboxylic acids is 1. The zero-order valence-electron chi connectivity index (χ0n) is 7.45. The molecule has 1 aliphatic heterocycles. The number of amides is 1. The first-order valence-electron chi connectivity index (χ1n) is 4.19.